The lowest BCUT2D eigenvalue weighted by atomic mass is 9.99. The number of hydrogen-bond acceptors (Lipinski definition) is 8. The minimum Gasteiger partial charge on any atom is -0.422 e. The van der Waals surface area contributed by atoms with Crippen LogP contribution in [0.25, 0.3) is 0 Å². The maximum Gasteiger partial charge on any atom is 0.345 e. The van der Waals surface area contributed by atoms with Crippen LogP contribution in [-0.2, 0) is 0 Å². The Labute approximate surface area is 211 Å². The van der Waals surface area contributed by atoms with Crippen LogP contribution in [0.1, 0.15) is 63.9 Å². The molecule has 3 aromatic rings. The number of benzene rings is 1. The zero-order valence-corrected chi connectivity index (χ0v) is 19.8. The highest BCUT2D eigenvalue weighted by atomic mass is 19.1. The van der Waals surface area contributed by atoms with Crippen LogP contribution in [0.3, 0.4) is 0 Å². The molecule has 0 unspecified atom stereocenters. The van der Waals surface area contributed by atoms with Crippen molar-refractivity contribution >= 4 is 29.4 Å². The molecule has 2 heterocycles. The molecule has 0 saturated heterocycles. The fourth-order valence-corrected chi connectivity index (χ4v) is 3.82. The smallest absolute Gasteiger partial charge is 0.345 e. The SMILES string of the molecule is CCCC(=O)c1ccc(F)c([C@H]2C[C@H]2NC(=O)Nc2ccc(C#N)cn2)c1OC(=O)c1ccc(N)nc1. The second-order valence-electron chi connectivity index (χ2n) is 8.46. The highest BCUT2D eigenvalue weighted by Crippen LogP contribution is 2.47. The molecule has 1 aromatic carbocycles. The van der Waals surface area contributed by atoms with Crippen LogP contribution >= 0.6 is 0 Å². The molecule has 2 aromatic heterocycles. The number of esters is 1. The number of carbonyl (C=O) groups is 3. The monoisotopic (exact) mass is 502 g/mol. The Morgan fingerprint density at radius 1 is 1.16 bits per heavy atom. The molecule has 11 heteroatoms. The summed E-state index contributed by atoms with van der Waals surface area (Å²) in [6.07, 6.45) is 3.65. The number of carbonyl (C=O) groups excluding carboxylic acids is 3. The first-order valence-electron chi connectivity index (χ1n) is 11.5. The number of pyridine rings is 2. The molecule has 0 bridgehead atoms. The Balaban J connectivity index is 1.56. The maximum absolute atomic E-state index is 15.1. The number of urea groups is 1. The predicted molar refractivity (Wildman–Crippen MR) is 131 cm³/mol. The van der Waals surface area contributed by atoms with E-state index in [1.54, 1.807) is 0 Å². The number of ether oxygens (including phenoxy) is 1. The van der Waals surface area contributed by atoms with Gasteiger partial charge in [0.05, 0.1) is 16.7 Å². The van der Waals surface area contributed by atoms with E-state index in [1.165, 1.54) is 42.7 Å². The topological polar surface area (TPSA) is 160 Å². The minimum atomic E-state index is -0.820. The number of halogens is 1. The second kappa shape index (κ2) is 10.8. The van der Waals surface area contributed by atoms with Gasteiger partial charge in [0.2, 0.25) is 0 Å². The normalized spacial score (nSPS) is 15.8. The van der Waals surface area contributed by atoms with E-state index in [2.05, 4.69) is 20.6 Å². The van der Waals surface area contributed by atoms with Crippen molar-refractivity contribution in [3.05, 3.63) is 76.9 Å². The number of amides is 2. The van der Waals surface area contributed by atoms with E-state index in [0.717, 1.165) is 6.07 Å². The van der Waals surface area contributed by atoms with Gasteiger partial charge >= 0.3 is 12.0 Å². The van der Waals surface area contributed by atoms with Crippen molar-refractivity contribution < 1.29 is 23.5 Å². The number of rotatable bonds is 8. The predicted octanol–water partition coefficient (Wildman–Crippen LogP) is 3.95. The van der Waals surface area contributed by atoms with Crippen molar-refractivity contribution in [2.75, 3.05) is 11.1 Å². The zero-order valence-electron chi connectivity index (χ0n) is 19.8. The third-order valence-electron chi connectivity index (χ3n) is 5.75. The van der Waals surface area contributed by atoms with Crippen LogP contribution in [-0.4, -0.2) is 33.8 Å². The number of nitrogen functional groups attached to an aromatic ring is 1. The van der Waals surface area contributed by atoms with E-state index in [-0.39, 0.29) is 46.3 Å². The number of ketones is 1. The molecule has 0 radical (unpaired) electrons. The molecule has 1 aliphatic rings. The lowest BCUT2D eigenvalue weighted by Gasteiger charge is -2.16. The number of Topliss-reactive ketones (excluding diaryl/α,β-unsaturated/α-hetero) is 1. The summed E-state index contributed by atoms with van der Waals surface area (Å²) in [7, 11) is 0. The van der Waals surface area contributed by atoms with Gasteiger partial charge in [0.1, 0.15) is 29.3 Å². The number of nitrogens with one attached hydrogen (secondary N) is 2. The first kappa shape index (κ1) is 25.2. The Hall–Kier alpha value is -4.85. The number of aromatic nitrogens is 2. The van der Waals surface area contributed by atoms with Crippen LogP contribution < -0.4 is 21.1 Å². The number of nitrogens with zero attached hydrogens (tertiary/aromatic N) is 3. The molecule has 1 saturated carbocycles. The summed E-state index contributed by atoms with van der Waals surface area (Å²) in [6, 6.07) is 9.18. The lowest BCUT2D eigenvalue weighted by molar-refractivity contribution is 0.0729. The van der Waals surface area contributed by atoms with Crippen LogP contribution in [0.15, 0.2) is 48.8 Å². The van der Waals surface area contributed by atoms with Crippen molar-refractivity contribution in [3.8, 4) is 11.8 Å². The van der Waals surface area contributed by atoms with Gasteiger partial charge in [0.15, 0.2) is 5.78 Å². The highest BCUT2D eigenvalue weighted by Gasteiger charge is 2.44. The Morgan fingerprint density at radius 3 is 2.62 bits per heavy atom. The third-order valence-corrected chi connectivity index (χ3v) is 5.75. The fourth-order valence-electron chi connectivity index (χ4n) is 3.82. The van der Waals surface area contributed by atoms with Crippen molar-refractivity contribution in [3.63, 3.8) is 0 Å². The standard InChI is InChI=1S/C26H23FN6O4/c1-2-3-20(34)16-6-7-18(27)23(24(16)37-25(35)15-5-8-21(29)30-13-15)17-10-19(17)32-26(36)33-22-9-4-14(11-28)12-31-22/h4-9,12-13,17,19H,2-3,10H2,1H3,(H2,29,30)(H2,31,32,33,36)/t17-,19+/m0/s1. The molecular formula is C26H23FN6O4. The summed E-state index contributed by atoms with van der Waals surface area (Å²) < 4.78 is 20.7. The summed E-state index contributed by atoms with van der Waals surface area (Å²) in [4.78, 5) is 45.9. The molecule has 4 rings (SSSR count). The molecule has 0 spiro atoms. The Bertz CT molecular complexity index is 1390. The minimum absolute atomic E-state index is 0.0421. The quantitative estimate of drug-likeness (QED) is 0.237. The molecule has 1 aliphatic carbocycles. The van der Waals surface area contributed by atoms with Crippen LogP contribution in [0, 0.1) is 17.1 Å². The zero-order chi connectivity index (χ0) is 26.5. The van der Waals surface area contributed by atoms with Gasteiger partial charge in [-0.3, -0.25) is 10.1 Å². The Kier molecular flexibility index (Phi) is 7.39. The number of hydrogen-bond donors (Lipinski definition) is 3. The largest absolute Gasteiger partial charge is 0.422 e. The van der Waals surface area contributed by atoms with Gasteiger partial charge in [0.25, 0.3) is 0 Å². The first-order chi connectivity index (χ1) is 17.8. The van der Waals surface area contributed by atoms with E-state index in [1.807, 2.05) is 13.0 Å². The molecule has 188 valence electrons. The summed E-state index contributed by atoms with van der Waals surface area (Å²) in [5, 5.41) is 14.1. The maximum atomic E-state index is 15.1. The third kappa shape index (κ3) is 5.87. The van der Waals surface area contributed by atoms with Crippen molar-refractivity contribution in [2.24, 2.45) is 0 Å². The second-order valence-corrected chi connectivity index (χ2v) is 8.46. The highest BCUT2D eigenvalue weighted by molar-refractivity contribution is 6.01. The van der Waals surface area contributed by atoms with E-state index >= 15 is 4.39 Å². The Morgan fingerprint density at radius 2 is 1.97 bits per heavy atom. The molecule has 1 fully saturated rings. The summed E-state index contributed by atoms with van der Waals surface area (Å²) in [5.41, 5.74) is 6.13. The molecule has 10 nitrogen and oxygen atoms in total. The molecule has 37 heavy (non-hydrogen) atoms. The van der Waals surface area contributed by atoms with Crippen molar-refractivity contribution in [1.82, 2.24) is 15.3 Å². The molecule has 2 amide bonds. The van der Waals surface area contributed by atoms with Crippen LogP contribution in [0.5, 0.6) is 5.75 Å². The van der Waals surface area contributed by atoms with E-state index in [9.17, 15) is 14.4 Å². The first-order valence-corrected chi connectivity index (χ1v) is 11.5. The van der Waals surface area contributed by atoms with E-state index < -0.39 is 29.8 Å². The van der Waals surface area contributed by atoms with Gasteiger partial charge in [-0.05, 0) is 49.2 Å². The van der Waals surface area contributed by atoms with E-state index in [4.69, 9.17) is 15.7 Å². The van der Waals surface area contributed by atoms with Gasteiger partial charge in [-0.15, -0.1) is 0 Å². The van der Waals surface area contributed by atoms with Crippen molar-refractivity contribution in [2.45, 2.75) is 38.1 Å². The average Bonchev–Trinajstić information content (AvgIpc) is 3.63. The van der Waals surface area contributed by atoms with Gasteiger partial charge < -0.3 is 15.8 Å². The van der Waals surface area contributed by atoms with Gasteiger partial charge in [-0.2, -0.15) is 5.26 Å². The van der Waals surface area contributed by atoms with Crippen LogP contribution in [0.4, 0.5) is 20.8 Å². The fraction of sp³-hybridized carbons (Fsp3) is 0.231. The van der Waals surface area contributed by atoms with Crippen molar-refractivity contribution in [1.29, 1.82) is 5.26 Å². The molecule has 2 atom stereocenters. The summed E-state index contributed by atoms with van der Waals surface area (Å²) in [5.74, 6) is -2.02. The van der Waals surface area contributed by atoms with E-state index in [0.29, 0.717) is 18.4 Å². The molecular weight excluding hydrogens is 479 g/mol. The lowest BCUT2D eigenvalue weighted by Crippen LogP contribution is -2.31. The van der Waals surface area contributed by atoms with Gasteiger partial charge in [-0.1, -0.05) is 6.92 Å². The molecule has 0 aliphatic heterocycles. The number of nitriles is 1. The van der Waals surface area contributed by atoms with Gasteiger partial charge in [-0.25, -0.2) is 23.9 Å². The number of anilines is 2. The summed E-state index contributed by atoms with van der Waals surface area (Å²) >= 11 is 0. The average molecular weight is 503 g/mol. The molecule has 4 N–H and O–H groups in total. The van der Waals surface area contributed by atoms with Crippen LogP contribution in [0.2, 0.25) is 0 Å². The summed E-state index contributed by atoms with van der Waals surface area (Å²) in [6.45, 7) is 1.83. The van der Waals surface area contributed by atoms with Gasteiger partial charge in [0, 0.05) is 36.3 Å². The number of nitrogens with two attached hydrogens (primary N) is 1.